The molecule has 0 saturated carbocycles. The Morgan fingerprint density at radius 3 is 3.04 bits per heavy atom. The lowest BCUT2D eigenvalue weighted by molar-refractivity contribution is -0.124. The molecule has 0 spiro atoms. The number of nitrogens with zero attached hydrogens (tertiary/aromatic N) is 1. The van der Waals surface area contributed by atoms with Gasteiger partial charge in [-0.05, 0) is 12.1 Å². The summed E-state index contributed by atoms with van der Waals surface area (Å²) in [6, 6.07) is 2.50. The van der Waals surface area contributed by atoms with E-state index >= 15 is 0 Å². The van der Waals surface area contributed by atoms with E-state index in [0.29, 0.717) is 25.0 Å². The second kappa shape index (κ2) is 7.26. The molecule has 1 amide bonds. The number of carbonyl (C=O) groups is 1. The molecule has 0 radical (unpaired) electrons. The Hall–Kier alpha value is -2.68. The number of rotatable bonds is 6. The van der Waals surface area contributed by atoms with Gasteiger partial charge in [0.1, 0.15) is 11.9 Å². The summed E-state index contributed by atoms with van der Waals surface area (Å²) in [6.07, 6.45) is 2.73. The Bertz CT molecular complexity index is 696. The molecule has 3 rings (SSSR count). The molecule has 24 heavy (non-hydrogen) atoms. The van der Waals surface area contributed by atoms with E-state index in [1.165, 1.54) is 6.20 Å². The van der Waals surface area contributed by atoms with Gasteiger partial charge in [-0.15, -0.1) is 0 Å². The topological polar surface area (TPSA) is 85.5 Å². The molecule has 0 unspecified atom stereocenters. The summed E-state index contributed by atoms with van der Waals surface area (Å²) >= 11 is 0. The van der Waals surface area contributed by atoms with Gasteiger partial charge in [-0.3, -0.25) is 9.89 Å². The number of aromatic nitrogens is 2. The largest absolute Gasteiger partial charge is 0.482 e. The molecule has 7 nitrogen and oxygen atoms in total. The van der Waals surface area contributed by atoms with Gasteiger partial charge in [0.15, 0.2) is 23.9 Å². The summed E-state index contributed by atoms with van der Waals surface area (Å²) < 4.78 is 42.2. The fraction of sp³-hybridized carbons (Fsp3) is 0.333. The Morgan fingerprint density at radius 1 is 1.42 bits per heavy atom. The number of ether oxygens (including phenoxy) is 3. The standard InChI is InChI=1S/C15H15F2N3O4/c16-9-1-2-13(11(17)3-9)23-8-15(21)20-12-6-22-7-14(12)24-10-4-18-19-5-10/h1-5,12,14H,6-8H2,(H,18,19)(H,20,21)/t12-,14+/m0/s1. The number of amides is 1. The highest BCUT2D eigenvalue weighted by molar-refractivity contribution is 5.78. The zero-order valence-corrected chi connectivity index (χ0v) is 12.5. The van der Waals surface area contributed by atoms with Gasteiger partial charge in [-0.1, -0.05) is 0 Å². The maximum absolute atomic E-state index is 13.4. The predicted molar refractivity (Wildman–Crippen MR) is 77.6 cm³/mol. The van der Waals surface area contributed by atoms with E-state index < -0.39 is 24.1 Å². The lowest BCUT2D eigenvalue weighted by Gasteiger charge is -2.19. The third kappa shape index (κ3) is 3.99. The Kier molecular flexibility index (Phi) is 4.90. The first-order chi connectivity index (χ1) is 11.6. The number of aromatic amines is 1. The van der Waals surface area contributed by atoms with Crippen LogP contribution in [0.3, 0.4) is 0 Å². The highest BCUT2D eigenvalue weighted by Gasteiger charge is 2.31. The Labute approximate surface area is 135 Å². The lowest BCUT2D eigenvalue weighted by Crippen LogP contribution is -2.46. The van der Waals surface area contributed by atoms with Gasteiger partial charge in [0.2, 0.25) is 0 Å². The van der Waals surface area contributed by atoms with Crippen molar-refractivity contribution in [3.05, 3.63) is 42.2 Å². The van der Waals surface area contributed by atoms with Crippen molar-refractivity contribution in [1.82, 2.24) is 15.5 Å². The van der Waals surface area contributed by atoms with Crippen LogP contribution >= 0.6 is 0 Å². The molecule has 1 aromatic heterocycles. The fourth-order valence-corrected chi connectivity index (χ4v) is 2.25. The highest BCUT2D eigenvalue weighted by atomic mass is 19.1. The van der Waals surface area contributed by atoms with Gasteiger partial charge in [0.25, 0.3) is 5.91 Å². The molecule has 0 aliphatic carbocycles. The van der Waals surface area contributed by atoms with Crippen molar-refractivity contribution < 1.29 is 27.8 Å². The van der Waals surface area contributed by atoms with Crippen molar-refractivity contribution >= 4 is 5.91 Å². The quantitative estimate of drug-likeness (QED) is 0.821. The van der Waals surface area contributed by atoms with E-state index in [2.05, 4.69) is 15.5 Å². The van der Waals surface area contributed by atoms with Gasteiger partial charge in [0.05, 0.1) is 31.6 Å². The number of hydrogen-bond donors (Lipinski definition) is 2. The lowest BCUT2D eigenvalue weighted by atomic mass is 10.2. The van der Waals surface area contributed by atoms with Gasteiger partial charge in [0, 0.05) is 6.07 Å². The minimum Gasteiger partial charge on any atom is -0.482 e. The van der Waals surface area contributed by atoms with Crippen LogP contribution < -0.4 is 14.8 Å². The average molecular weight is 339 g/mol. The van der Waals surface area contributed by atoms with Crippen LogP contribution in [-0.4, -0.2) is 48.1 Å². The minimum atomic E-state index is -0.867. The molecule has 2 atom stereocenters. The van der Waals surface area contributed by atoms with Gasteiger partial charge >= 0.3 is 0 Å². The molecule has 9 heteroatoms. The van der Waals surface area contributed by atoms with Crippen molar-refractivity contribution in [3.8, 4) is 11.5 Å². The third-order valence-corrected chi connectivity index (χ3v) is 3.39. The molecule has 2 N–H and O–H groups in total. The second-order valence-electron chi connectivity index (χ2n) is 5.17. The van der Waals surface area contributed by atoms with E-state index in [1.807, 2.05) is 0 Å². The first kappa shape index (κ1) is 16.2. The summed E-state index contributed by atoms with van der Waals surface area (Å²) in [5.41, 5.74) is 0. The van der Waals surface area contributed by atoms with Crippen molar-refractivity contribution in [3.63, 3.8) is 0 Å². The SMILES string of the molecule is O=C(COc1ccc(F)cc1F)N[C@H]1COC[C@H]1Oc1cn[nH]c1. The molecule has 1 saturated heterocycles. The number of nitrogens with one attached hydrogen (secondary N) is 2. The summed E-state index contributed by atoms with van der Waals surface area (Å²) in [5.74, 6) is -1.70. The summed E-state index contributed by atoms with van der Waals surface area (Å²) in [6.45, 7) is 0.209. The first-order valence-corrected chi connectivity index (χ1v) is 7.22. The van der Waals surface area contributed by atoms with E-state index in [9.17, 15) is 13.6 Å². The smallest absolute Gasteiger partial charge is 0.258 e. The maximum Gasteiger partial charge on any atom is 0.258 e. The monoisotopic (exact) mass is 339 g/mol. The summed E-state index contributed by atoms with van der Waals surface area (Å²) in [4.78, 5) is 11.9. The third-order valence-electron chi connectivity index (χ3n) is 3.39. The van der Waals surface area contributed by atoms with Crippen LogP contribution in [-0.2, 0) is 9.53 Å². The highest BCUT2D eigenvalue weighted by Crippen LogP contribution is 2.18. The van der Waals surface area contributed by atoms with Crippen LogP contribution in [0, 0.1) is 11.6 Å². The molecule has 1 aliphatic heterocycles. The van der Waals surface area contributed by atoms with Crippen LogP contribution in [0.5, 0.6) is 11.5 Å². The van der Waals surface area contributed by atoms with Gasteiger partial charge in [-0.2, -0.15) is 5.10 Å². The van der Waals surface area contributed by atoms with Crippen LogP contribution in [0.1, 0.15) is 0 Å². The number of hydrogen-bond acceptors (Lipinski definition) is 5. The number of halogens is 2. The molecule has 0 bridgehead atoms. The fourth-order valence-electron chi connectivity index (χ4n) is 2.25. The van der Waals surface area contributed by atoms with Gasteiger partial charge in [-0.25, -0.2) is 8.78 Å². The van der Waals surface area contributed by atoms with Crippen molar-refractivity contribution in [2.24, 2.45) is 0 Å². The molecule has 2 heterocycles. The molecule has 1 fully saturated rings. The van der Waals surface area contributed by atoms with E-state index in [4.69, 9.17) is 14.2 Å². The molecule has 1 aliphatic rings. The van der Waals surface area contributed by atoms with Crippen molar-refractivity contribution in [2.75, 3.05) is 19.8 Å². The van der Waals surface area contributed by atoms with Crippen molar-refractivity contribution in [1.29, 1.82) is 0 Å². The summed E-state index contributed by atoms with van der Waals surface area (Å²) in [7, 11) is 0. The predicted octanol–water partition coefficient (Wildman–Crippen LogP) is 1.03. The zero-order valence-electron chi connectivity index (χ0n) is 12.5. The van der Waals surface area contributed by atoms with E-state index in [1.54, 1.807) is 6.20 Å². The second-order valence-corrected chi connectivity index (χ2v) is 5.17. The molecular formula is C15H15F2N3O4. The zero-order chi connectivity index (χ0) is 16.9. The Morgan fingerprint density at radius 2 is 2.29 bits per heavy atom. The first-order valence-electron chi connectivity index (χ1n) is 7.22. The number of H-pyrrole nitrogens is 1. The van der Waals surface area contributed by atoms with Crippen LogP contribution in [0.15, 0.2) is 30.6 Å². The molecule has 128 valence electrons. The molecular weight excluding hydrogens is 324 g/mol. The Balaban J connectivity index is 1.50. The van der Waals surface area contributed by atoms with Gasteiger partial charge < -0.3 is 19.5 Å². The average Bonchev–Trinajstić information content (AvgIpc) is 3.20. The number of carbonyl (C=O) groups excluding carboxylic acids is 1. The van der Waals surface area contributed by atoms with E-state index in [-0.39, 0.29) is 17.9 Å². The number of benzene rings is 1. The normalized spacial score (nSPS) is 19.9. The molecule has 1 aromatic carbocycles. The minimum absolute atomic E-state index is 0.194. The van der Waals surface area contributed by atoms with Crippen LogP contribution in [0.2, 0.25) is 0 Å². The maximum atomic E-state index is 13.4. The van der Waals surface area contributed by atoms with Crippen LogP contribution in [0.25, 0.3) is 0 Å². The van der Waals surface area contributed by atoms with Crippen molar-refractivity contribution in [2.45, 2.75) is 12.1 Å². The van der Waals surface area contributed by atoms with E-state index in [0.717, 1.165) is 12.1 Å². The molecule has 2 aromatic rings. The summed E-state index contributed by atoms with van der Waals surface area (Å²) in [5, 5.41) is 9.09. The van der Waals surface area contributed by atoms with Crippen LogP contribution in [0.4, 0.5) is 8.78 Å².